The molecule has 0 aromatic heterocycles. The second-order valence-electron chi connectivity index (χ2n) is 4.78. The second-order valence-corrected chi connectivity index (χ2v) is 5.30. The molecule has 2 aromatic rings. The lowest BCUT2D eigenvalue weighted by Gasteiger charge is -2.12. The molecule has 0 aliphatic rings. The van der Waals surface area contributed by atoms with E-state index in [1.54, 1.807) is 12.1 Å². The van der Waals surface area contributed by atoms with Gasteiger partial charge in [0.25, 0.3) is 0 Å². The normalized spacial score (nSPS) is 13.0. The Labute approximate surface area is 126 Å². The summed E-state index contributed by atoms with van der Waals surface area (Å²) in [6.45, 7) is 2.00. The summed E-state index contributed by atoms with van der Waals surface area (Å²) in [5.74, 6) is -0.245. The number of ether oxygens (including phenoxy) is 1. The van der Waals surface area contributed by atoms with Gasteiger partial charge in [0, 0.05) is 0 Å². The van der Waals surface area contributed by atoms with Crippen LogP contribution in [0.15, 0.2) is 48.5 Å². The van der Waals surface area contributed by atoms with Crippen molar-refractivity contribution in [3.05, 3.63) is 65.2 Å². The number of aryl methyl sites for hydroxylation is 1. The van der Waals surface area contributed by atoms with E-state index in [-0.39, 0.29) is 11.1 Å². The van der Waals surface area contributed by atoms with Gasteiger partial charge in [-0.1, -0.05) is 42.0 Å². The van der Waals surface area contributed by atoms with Gasteiger partial charge in [-0.05, 0) is 36.6 Å². The van der Waals surface area contributed by atoms with Gasteiger partial charge in [0.15, 0.2) is 0 Å². The van der Waals surface area contributed by atoms with Gasteiger partial charge in [-0.2, -0.15) is 0 Å². The summed E-state index contributed by atoms with van der Waals surface area (Å²) in [6, 6.07) is 13.6. The Morgan fingerprint density at radius 1 is 1.10 bits per heavy atom. The van der Waals surface area contributed by atoms with E-state index in [1.807, 2.05) is 31.2 Å². The van der Waals surface area contributed by atoms with Gasteiger partial charge < -0.3 is 4.74 Å². The molecule has 21 heavy (non-hydrogen) atoms. The smallest absolute Gasteiger partial charge is 0.406 e. The highest BCUT2D eigenvalue weighted by Gasteiger charge is 2.31. The van der Waals surface area contributed by atoms with Crippen LogP contribution in [0.3, 0.4) is 0 Å². The molecule has 0 N–H and O–H groups in total. The Hall–Kier alpha value is -1.68. The van der Waals surface area contributed by atoms with Crippen molar-refractivity contribution in [2.24, 2.45) is 0 Å². The van der Waals surface area contributed by atoms with E-state index in [1.165, 1.54) is 12.1 Å². The van der Waals surface area contributed by atoms with Crippen LogP contribution in [0.25, 0.3) is 0 Å². The molecule has 0 saturated heterocycles. The van der Waals surface area contributed by atoms with Gasteiger partial charge in [0.1, 0.15) is 5.75 Å². The van der Waals surface area contributed by atoms with Crippen LogP contribution < -0.4 is 4.74 Å². The zero-order chi connectivity index (χ0) is 15.5. The highest BCUT2D eigenvalue weighted by Crippen LogP contribution is 2.28. The highest BCUT2D eigenvalue weighted by molar-refractivity contribution is 6.20. The quantitative estimate of drug-likeness (QED) is 0.685. The molecule has 2 aromatic carbocycles. The van der Waals surface area contributed by atoms with E-state index in [0.717, 1.165) is 16.7 Å². The first-order valence-electron chi connectivity index (χ1n) is 6.39. The lowest BCUT2D eigenvalue weighted by atomic mass is 10.0. The largest absolute Gasteiger partial charge is 0.573 e. The molecule has 0 aliphatic heterocycles. The van der Waals surface area contributed by atoms with Crippen molar-refractivity contribution in [1.82, 2.24) is 0 Å². The van der Waals surface area contributed by atoms with Crippen LogP contribution in [0.2, 0.25) is 0 Å². The number of benzene rings is 2. The van der Waals surface area contributed by atoms with Crippen molar-refractivity contribution in [2.75, 3.05) is 0 Å². The molecular weight excluding hydrogens is 301 g/mol. The van der Waals surface area contributed by atoms with Crippen LogP contribution in [0.4, 0.5) is 13.2 Å². The topological polar surface area (TPSA) is 9.23 Å². The SMILES string of the molecule is Cc1cccc(CC(Cl)c2ccc(OC(F)(F)F)cc2)c1. The maximum absolute atomic E-state index is 12.1. The summed E-state index contributed by atoms with van der Waals surface area (Å²) in [4.78, 5) is 0. The van der Waals surface area contributed by atoms with Crippen LogP contribution in [0.5, 0.6) is 5.75 Å². The molecule has 1 atom stereocenters. The van der Waals surface area contributed by atoms with Gasteiger partial charge in [-0.25, -0.2) is 0 Å². The molecule has 0 heterocycles. The minimum Gasteiger partial charge on any atom is -0.406 e. The number of hydrogen-bond donors (Lipinski definition) is 0. The van der Waals surface area contributed by atoms with Gasteiger partial charge in [0.05, 0.1) is 5.38 Å². The summed E-state index contributed by atoms with van der Waals surface area (Å²) in [7, 11) is 0. The second kappa shape index (κ2) is 6.39. The lowest BCUT2D eigenvalue weighted by molar-refractivity contribution is -0.274. The summed E-state index contributed by atoms with van der Waals surface area (Å²) in [5, 5.41) is -0.299. The molecule has 0 saturated carbocycles. The molecule has 5 heteroatoms. The maximum atomic E-state index is 12.1. The zero-order valence-corrected chi connectivity index (χ0v) is 12.1. The van der Waals surface area contributed by atoms with Crippen LogP contribution in [-0.4, -0.2) is 6.36 Å². The van der Waals surface area contributed by atoms with E-state index in [2.05, 4.69) is 4.74 Å². The fourth-order valence-electron chi connectivity index (χ4n) is 2.04. The van der Waals surface area contributed by atoms with Crippen LogP contribution in [0.1, 0.15) is 22.1 Å². The lowest BCUT2D eigenvalue weighted by Crippen LogP contribution is -2.17. The van der Waals surface area contributed by atoms with Crippen molar-refractivity contribution in [1.29, 1.82) is 0 Å². The molecule has 2 rings (SSSR count). The first kappa shape index (κ1) is 15.7. The molecule has 1 unspecified atom stereocenters. The molecular formula is C16H14ClF3O. The predicted molar refractivity (Wildman–Crippen MR) is 76.6 cm³/mol. The summed E-state index contributed by atoms with van der Waals surface area (Å²) >= 11 is 6.32. The van der Waals surface area contributed by atoms with Gasteiger partial charge in [0.2, 0.25) is 0 Å². The van der Waals surface area contributed by atoms with E-state index >= 15 is 0 Å². The minimum atomic E-state index is -4.68. The molecule has 0 amide bonds. The third kappa shape index (κ3) is 4.97. The Morgan fingerprint density at radius 3 is 2.33 bits per heavy atom. The van der Waals surface area contributed by atoms with E-state index in [0.29, 0.717) is 6.42 Å². The first-order valence-corrected chi connectivity index (χ1v) is 6.82. The average Bonchev–Trinajstić information content (AvgIpc) is 2.37. The Kier molecular flexibility index (Phi) is 4.78. The predicted octanol–water partition coefficient (Wildman–Crippen LogP) is 5.42. The fourth-order valence-corrected chi connectivity index (χ4v) is 2.37. The van der Waals surface area contributed by atoms with Gasteiger partial charge in [-0.3, -0.25) is 0 Å². The van der Waals surface area contributed by atoms with Crippen LogP contribution in [0, 0.1) is 6.92 Å². The van der Waals surface area contributed by atoms with Crippen molar-refractivity contribution in [3.63, 3.8) is 0 Å². The zero-order valence-electron chi connectivity index (χ0n) is 11.3. The fraction of sp³-hybridized carbons (Fsp3) is 0.250. The Morgan fingerprint density at radius 2 is 1.76 bits per heavy atom. The van der Waals surface area contributed by atoms with E-state index < -0.39 is 6.36 Å². The van der Waals surface area contributed by atoms with E-state index in [9.17, 15) is 13.2 Å². The van der Waals surface area contributed by atoms with Crippen LogP contribution in [-0.2, 0) is 6.42 Å². The highest BCUT2D eigenvalue weighted by atomic mass is 35.5. The Bertz CT molecular complexity index is 593. The van der Waals surface area contributed by atoms with Gasteiger partial charge in [-0.15, -0.1) is 24.8 Å². The average molecular weight is 315 g/mol. The first-order chi connectivity index (χ1) is 9.83. The van der Waals surface area contributed by atoms with Crippen molar-refractivity contribution < 1.29 is 17.9 Å². The van der Waals surface area contributed by atoms with Crippen molar-refractivity contribution >= 4 is 11.6 Å². The van der Waals surface area contributed by atoms with Gasteiger partial charge >= 0.3 is 6.36 Å². The van der Waals surface area contributed by atoms with E-state index in [4.69, 9.17) is 11.6 Å². The van der Waals surface area contributed by atoms with Crippen molar-refractivity contribution in [2.45, 2.75) is 25.1 Å². The number of rotatable bonds is 4. The maximum Gasteiger partial charge on any atom is 0.573 e. The number of halogens is 4. The molecule has 112 valence electrons. The molecule has 0 spiro atoms. The molecule has 0 fully saturated rings. The molecule has 0 bridgehead atoms. The Balaban J connectivity index is 2.04. The third-order valence-corrected chi connectivity index (χ3v) is 3.38. The monoisotopic (exact) mass is 314 g/mol. The summed E-state index contributed by atoms with van der Waals surface area (Å²) in [5.41, 5.74) is 2.99. The van der Waals surface area contributed by atoms with Crippen molar-refractivity contribution in [3.8, 4) is 5.75 Å². The molecule has 1 nitrogen and oxygen atoms in total. The number of alkyl halides is 4. The number of hydrogen-bond acceptors (Lipinski definition) is 1. The minimum absolute atomic E-state index is 0.245. The summed E-state index contributed by atoms with van der Waals surface area (Å²) < 4.78 is 40.1. The molecule has 0 radical (unpaired) electrons. The van der Waals surface area contributed by atoms with Crippen LogP contribution >= 0.6 is 11.6 Å². The standard InChI is InChI=1S/C16H14ClF3O/c1-11-3-2-4-12(9-11)10-15(17)13-5-7-14(8-6-13)21-16(18,19)20/h2-9,15H,10H2,1H3. The molecule has 0 aliphatic carbocycles. The third-order valence-electron chi connectivity index (χ3n) is 2.97. The summed E-state index contributed by atoms with van der Waals surface area (Å²) in [6.07, 6.45) is -4.06.